The second-order valence-electron chi connectivity index (χ2n) is 5.14. The van der Waals surface area contributed by atoms with Gasteiger partial charge >= 0.3 is 5.97 Å². The van der Waals surface area contributed by atoms with Gasteiger partial charge in [0.2, 0.25) is 0 Å². The maximum atomic E-state index is 11.9. The van der Waals surface area contributed by atoms with Gasteiger partial charge in [-0.1, -0.05) is 30.7 Å². The van der Waals surface area contributed by atoms with Gasteiger partial charge in [-0.25, -0.2) is 9.48 Å². The molecule has 2 aromatic rings. The minimum atomic E-state index is -0.451. The van der Waals surface area contributed by atoms with E-state index in [0.717, 1.165) is 5.56 Å². The lowest BCUT2D eigenvalue weighted by atomic mass is 10.2. The second-order valence-corrected chi connectivity index (χ2v) is 5.55. The third-order valence-electron chi connectivity index (χ3n) is 2.90. The molecule has 0 atom stereocenters. The van der Waals surface area contributed by atoms with Crippen molar-refractivity contribution in [2.75, 3.05) is 6.61 Å². The van der Waals surface area contributed by atoms with E-state index in [2.05, 4.69) is 15.3 Å². The van der Waals surface area contributed by atoms with E-state index in [4.69, 9.17) is 16.3 Å². The molecule has 0 spiro atoms. The van der Waals surface area contributed by atoms with Crippen molar-refractivity contribution in [1.29, 1.82) is 0 Å². The normalized spacial score (nSPS) is 10.9. The molecule has 21 heavy (non-hydrogen) atoms. The number of esters is 1. The molecule has 0 unspecified atom stereocenters. The Morgan fingerprint density at radius 3 is 2.90 bits per heavy atom. The van der Waals surface area contributed by atoms with Gasteiger partial charge < -0.3 is 4.74 Å². The van der Waals surface area contributed by atoms with Crippen LogP contribution >= 0.6 is 11.6 Å². The molecule has 2 rings (SSSR count). The van der Waals surface area contributed by atoms with Crippen LogP contribution in [0.3, 0.4) is 0 Å². The zero-order valence-electron chi connectivity index (χ0n) is 12.2. The van der Waals surface area contributed by atoms with Gasteiger partial charge in [-0.2, -0.15) is 0 Å². The predicted molar refractivity (Wildman–Crippen MR) is 78.2 cm³/mol. The standard InChI is InChI=1S/C14H17ClN4O2/c1-9(2)8-21-14(20)13-10(3)19(18-17-13)7-11-4-5-16-6-12(11)15/h4-6,9H,7-8H2,1-3H3. The predicted octanol–water partition coefficient (Wildman–Crippen LogP) is 2.50. The molecule has 0 aliphatic heterocycles. The van der Waals surface area contributed by atoms with Crippen molar-refractivity contribution < 1.29 is 9.53 Å². The van der Waals surface area contributed by atoms with Crippen molar-refractivity contribution >= 4 is 17.6 Å². The van der Waals surface area contributed by atoms with E-state index < -0.39 is 5.97 Å². The van der Waals surface area contributed by atoms with Crippen LogP contribution in [0.15, 0.2) is 18.5 Å². The number of rotatable bonds is 5. The molecule has 2 heterocycles. The summed E-state index contributed by atoms with van der Waals surface area (Å²) in [6.07, 6.45) is 3.23. The zero-order chi connectivity index (χ0) is 15.4. The van der Waals surface area contributed by atoms with Gasteiger partial charge in [-0.3, -0.25) is 4.98 Å². The summed E-state index contributed by atoms with van der Waals surface area (Å²) in [5.41, 5.74) is 1.75. The molecule has 0 aliphatic rings. The average Bonchev–Trinajstić information content (AvgIpc) is 2.80. The third kappa shape index (κ3) is 3.78. The van der Waals surface area contributed by atoms with Gasteiger partial charge in [0.1, 0.15) is 0 Å². The molecule has 0 bridgehead atoms. The minimum absolute atomic E-state index is 0.237. The van der Waals surface area contributed by atoms with Crippen LogP contribution in [0.5, 0.6) is 0 Å². The summed E-state index contributed by atoms with van der Waals surface area (Å²) in [6, 6.07) is 1.81. The number of carbonyl (C=O) groups is 1. The second kappa shape index (κ2) is 6.67. The fourth-order valence-corrected chi connectivity index (χ4v) is 1.88. The summed E-state index contributed by atoms with van der Waals surface area (Å²) < 4.78 is 6.79. The van der Waals surface area contributed by atoms with E-state index in [1.165, 1.54) is 0 Å². The molecule has 0 radical (unpaired) electrons. The molecule has 0 aromatic carbocycles. The first-order valence-corrected chi connectivity index (χ1v) is 7.02. The first kappa shape index (κ1) is 15.4. The molecule has 0 amide bonds. The number of halogens is 1. The molecule has 0 saturated heterocycles. The van der Waals surface area contributed by atoms with Crippen LogP contribution in [0.4, 0.5) is 0 Å². The van der Waals surface area contributed by atoms with Gasteiger partial charge in [0.25, 0.3) is 0 Å². The van der Waals surface area contributed by atoms with Crippen molar-refractivity contribution in [2.45, 2.75) is 27.3 Å². The Morgan fingerprint density at radius 1 is 1.48 bits per heavy atom. The highest BCUT2D eigenvalue weighted by Crippen LogP contribution is 2.16. The Morgan fingerprint density at radius 2 is 2.24 bits per heavy atom. The van der Waals surface area contributed by atoms with Crippen LogP contribution in [-0.4, -0.2) is 32.6 Å². The highest BCUT2D eigenvalue weighted by Gasteiger charge is 2.18. The largest absolute Gasteiger partial charge is 0.461 e. The van der Waals surface area contributed by atoms with Crippen LogP contribution in [0.2, 0.25) is 5.02 Å². The first-order chi connectivity index (χ1) is 9.99. The molecule has 0 aliphatic carbocycles. The fourth-order valence-electron chi connectivity index (χ4n) is 1.70. The smallest absolute Gasteiger partial charge is 0.360 e. The Bertz CT molecular complexity index is 640. The van der Waals surface area contributed by atoms with Crippen LogP contribution < -0.4 is 0 Å². The van der Waals surface area contributed by atoms with Crippen molar-refractivity contribution in [1.82, 2.24) is 20.0 Å². The molecular weight excluding hydrogens is 292 g/mol. The van der Waals surface area contributed by atoms with Crippen LogP contribution in [0.25, 0.3) is 0 Å². The van der Waals surface area contributed by atoms with E-state index in [-0.39, 0.29) is 11.6 Å². The number of nitrogens with zero attached hydrogens (tertiary/aromatic N) is 4. The third-order valence-corrected chi connectivity index (χ3v) is 3.24. The topological polar surface area (TPSA) is 69.9 Å². The van der Waals surface area contributed by atoms with Crippen molar-refractivity contribution in [3.8, 4) is 0 Å². The number of carbonyl (C=O) groups excluding carboxylic acids is 1. The summed E-state index contributed by atoms with van der Waals surface area (Å²) in [5, 5.41) is 8.44. The van der Waals surface area contributed by atoms with Crippen molar-refractivity contribution in [3.05, 3.63) is 40.4 Å². The molecule has 0 saturated carbocycles. The van der Waals surface area contributed by atoms with Gasteiger partial charge in [0, 0.05) is 12.4 Å². The molecule has 2 aromatic heterocycles. The summed E-state index contributed by atoms with van der Waals surface area (Å²) >= 11 is 6.06. The molecule has 112 valence electrons. The first-order valence-electron chi connectivity index (χ1n) is 6.64. The zero-order valence-corrected chi connectivity index (χ0v) is 13.0. The molecule has 0 N–H and O–H groups in total. The maximum Gasteiger partial charge on any atom is 0.360 e. The molecule has 6 nitrogen and oxygen atoms in total. The number of hydrogen-bond donors (Lipinski definition) is 0. The van der Waals surface area contributed by atoms with Gasteiger partial charge in [-0.05, 0) is 24.5 Å². The number of ether oxygens (including phenoxy) is 1. The number of pyridine rings is 1. The monoisotopic (exact) mass is 308 g/mol. The van der Waals surface area contributed by atoms with E-state index in [1.54, 1.807) is 30.1 Å². The Kier molecular flexibility index (Phi) is 4.90. The minimum Gasteiger partial charge on any atom is -0.461 e. The highest BCUT2D eigenvalue weighted by atomic mass is 35.5. The lowest BCUT2D eigenvalue weighted by Crippen LogP contribution is -2.12. The summed E-state index contributed by atoms with van der Waals surface area (Å²) in [5.74, 6) is -0.173. The van der Waals surface area contributed by atoms with Crippen LogP contribution in [0, 0.1) is 12.8 Å². The van der Waals surface area contributed by atoms with Crippen LogP contribution in [0.1, 0.15) is 35.6 Å². The Hall–Kier alpha value is -1.95. The summed E-state index contributed by atoms with van der Waals surface area (Å²) in [6.45, 7) is 6.52. The molecule has 0 fully saturated rings. The Labute approximate surface area is 128 Å². The van der Waals surface area contributed by atoms with Gasteiger partial charge in [0.05, 0.1) is 23.9 Å². The maximum absolute atomic E-state index is 11.9. The fraction of sp³-hybridized carbons (Fsp3) is 0.429. The summed E-state index contributed by atoms with van der Waals surface area (Å²) in [4.78, 5) is 15.9. The lowest BCUT2D eigenvalue weighted by Gasteiger charge is -2.07. The quantitative estimate of drug-likeness (QED) is 0.794. The SMILES string of the molecule is Cc1c(C(=O)OCC(C)C)nnn1Cc1ccncc1Cl. The van der Waals surface area contributed by atoms with Crippen LogP contribution in [-0.2, 0) is 11.3 Å². The van der Waals surface area contributed by atoms with Crippen molar-refractivity contribution in [2.24, 2.45) is 5.92 Å². The average molecular weight is 309 g/mol. The lowest BCUT2D eigenvalue weighted by molar-refractivity contribution is 0.0451. The number of aromatic nitrogens is 4. The molecule has 7 heteroatoms. The summed E-state index contributed by atoms with van der Waals surface area (Å²) in [7, 11) is 0. The Balaban J connectivity index is 2.14. The highest BCUT2D eigenvalue weighted by molar-refractivity contribution is 6.31. The van der Waals surface area contributed by atoms with Crippen molar-refractivity contribution in [3.63, 3.8) is 0 Å². The van der Waals surface area contributed by atoms with E-state index >= 15 is 0 Å². The van der Waals surface area contributed by atoms with E-state index in [0.29, 0.717) is 23.9 Å². The molecular formula is C14H17ClN4O2. The van der Waals surface area contributed by atoms with E-state index in [1.807, 2.05) is 13.8 Å². The van der Waals surface area contributed by atoms with Gasteiger partial charge in [-0.15, -0.1) is 5.10 Å². The van der Waals surface area contributed by atoms with E-state index in [9.17, 15) is 4.79 Å². The number of hydrogen-bond acceptors (Lipinski definition) is 5. The van der Waals surface area contributed by atoms with Gasteiger partial charge in [0.15, 0.2) is 5.69 Å².